The van der Waals surface area contributed by atoms with Gasteiger partial charge in [-0.05, 0) is 25.9 Å². The van der Waals surface area contributed by atoms with Crippen LogP contribution < -0.4 is 5.32 Å². The van der Waals surface area contributed by atoms with Crippen molar-refractivity contribution in [2.24, 2.45) is 0 Å². The van der Waals surface area contributed by atoms with Gasteiger partial charge in [-0.25, -0.2) is 0 Å². The number of nitrogens with zero attached hydrogens (tertiary/aromatic N) is 1. The molecule has 0 rings (SSSR count). The van der Waals surface area contributed by atoms with E-state index in [1.807, 2.05) is 13.0 Å². The first-order chi connectivity index (χ1) is 10.3. The highest BCUT2D eigenvalue weighted by Crippen LogP contribution is 2.06. The van der Waals surface area contributed by atoms with Crippen LogP contribution in [-0.2, 0) is 0 Å². The molecule has 0 unspecified atom stereocenters. The molecule has 2 nitrogen and oxygen atoms in total. The van der Waals surface area contributed by atoms with Crippen LogP contribution in [0.5, 0.6) is 0 Å². The monoisotopic (exact) mass is 296 g/mol. The Hall–Kier alpha value is -0.550. The molecule has 0 heterocycles. The molecule has 126 valence electrons. The first-order valence-corrected chi connectivity index (χ1v) is 9.41. The Bertz CT molecular complexity index is 182. The Morgan fingerprint density at radius 1 is 0.619 bits per heavy atom. The van der Waals surface area contributed by atoms with Crippen molar-refractivity contribution < 1.29 is 0 Å². The molecule has 0 spiro atoms. The lowest BCUT2D eigenvalue weighted by atomic mass is 10.1. The SMILES string of the molecule is CCC#N.CCCCCCCCCNCCCCCCC. The second-order valence-electron chi connectivity index (χ2n) is 5.80. The molecule has 0 aliphatic rings. The summed E-state index contributed by atoms with van der Waals surface area (Å²) in [6.45, 7) is 8.85. The smallest absolute Gasteiger partial charge is 0.0618 e. The summed E-state index contributed by atoms with van der Waals surface area (Å²) in [6.07, 6.45) is 17.5. The van der Waals surface area contributed by atoms with Gasteiger partial charge in [0.2, 0.25) is 0 Å². The van der Waals surface area contributed by atoms with Crippen molar-refractivity contribution in [3.63, 3.8) is 0 Å². The highest BCUT2D eigenvalue weighted by molar-refractivity contribution is 4.62. The minimum Gasteiger partial charge on any atom is -0.317 e. The van der Waals surface area contributed by atoms with Crippen molar-refractivity contribution in [3.05, 3.63) is 0 Å². The highest BCUT2D eigenvalue weighted by atomic mass is 14.8. The van der Waals surface area contributed by atoms with E-state index in [1.165, 1.54) is 90.1 Å². The van der Waals surface area contributed by atoms with Crippen molar-refractivity contribution in [2.45, 2.75) is 104 Å². The topological polar surface area (TPSA) is 35.8 Å². The second kappa shape index (κ2) is 24.5. The molecule has 0 aromatic rings. The predicted octanol–water partition coefficient (Wildman–Crippen LogP) is 6.22. The summed E-state index contributed by atoms with van der Waals surface area (Å²) in [4.78, 5) is 0. The zero-order valence-corrected chi connectivity index (χ0v) is 15.1. The third-order valence-electron chi connectivity index (χ3n) is 3.57. The van der Waals surface area contributed by atoms with Gasteiger partial charge in [-0.2, -0.15) is 5.26 Å². The first-order valence-electron chi connectivity index (χ1n) is 9.41. The van der Waals surface area contributed by atoms with Crippen LogP contribution in [0.3, 0.4) is 0 Å². The van der Waals surface area contributed by atoms with Crippen LogP contribution in [0.1, 0.15) is 104 Å². The third-order valence-corrected chi connectivity index (χ3v) is 3.57. The summed E-state index contributed by atoms with van der Waals surface area (Å²) in [7, 11) is 0. The summed E-state index contributed by atoms with van der Waals surface area (Å²) in [5, 5.41) is 11.2. The Labute approximate surface area is 134 Å². The number of unbranched alkanes of at least 4 members (excludes halogenated alkanes) is 10. The van der Waals surface area contributed by atoms with Gasteiger partial charge < -0.3 is 5.32 Å². The second-order valence-corrected chi connectivity index (χ2v) is 5.80. The third kappa shape index (κ3) is 28.4. The fourth-order valence-corrected chi connectivity index (χ4v) is 2.19. The van der Waals surface area contributed by atoms with Gasteiger partial charge in [-0.3, -0.25) is 0 Å². The van der Waals surface area contributed by atoms with E-state index < -0.39 is 0 Å². The lowest BCUT2D eigenvalue weighted by Gasteiger charge is -2.04. The Kier molecular flexibility index (Phi) is 26.5. The summed E-state index contributed by atoms with van der Waals surface area (Å²) in [5.74, 6) is 0. The Morgan fingerprint density at radius 2 is 0.952 bits per heavy atom. The molecule has 0 atom stereocenters. The van der Waals surface area contributed by atoms with Gasteiger partial charge in [0.15, 0.2) is 0 Å². The van der Waals surface area contributed by atoms with Crippen LogP contribution in [0.15, 0.2) is 0 Å². The zero-order valence-electron chi connectivity index (χ0n) is 15.1. The van der Waals surface area contributed by atoms with Crippen LogP contribution in [0.25, 0.3) is 0 Å². The summed E-state index contributed by atoms with van der Waals surface area (Å²) >= 11 is 0. The number of hydrogen-bond donors (Lipinski definition) is 1. The molecular weight excluding hydrogens is 256 g/mol. The minimum absolute atomic E-state index is 0.625. The van der Waals surface area contributed by atoms with Crippen LogP contribution >= 0.6 is 0 Å². The van der Waals surface area contributed by atoms with Crippen LogP contribution in [0.4, 0.5) is 0 Å². The number of nitriles is 1. The van der Waals surface area contributed by atoms with Crippen LogP contribution in [-0.4, -0.2) is 13.1 Å². The quantitative estimate of drug-likeness (QED) is 0.386. The molecule has 0 aromatic carbocycles. The fraction of sp³-hybridized carbons (Fsp3) is 0.947. The van der Waals surface area contributed by atoms with E-state index in [2.05, 4.69) is 19.2 Å². The molecule has 1 N–H and O–H groups in total. The average molecular weight is 297 g/mol. The van der Waals surface area contributed by atoms with Crippen molar-refractivity contribution in [1.29, 1.82) is 5.26 Å². The average Bonchev–Trinajstić information content (AvgIpc) is 2.52. The number of rotatable bonds is 14. The van der Waals surface area contributed by atoms with Gasteiger partial charge in [0, 0.05) is 6.42 Å². The Balaban J connectivity index is 0. The maximum Gasteiger partial charge on any atom is 0.0618 e. The van der Waals surface area contributed by atoms with Gasteiger partial charge in [0.1, 0.15) is 0 Å². The van der Waals surface area contributed by atoms with E-state index in [1.54, 1.807) is 0 Å². The standard InChI is InChI=1S/C16H35N.C3H5N/c1-3-5-7-9-10-12-14-16-17-15-13-11-8-6-4-2;1-2-3-4/h17H,3-16H2,1-2H3;2H2,1H3. The molecule has 0 bridgehead atoms. The first kappa shape index (κ1) is 22.7. The molecule has 21 heavy (non-hydrogen) atoms. The molecule has 0 amide bonds. The van der Waals surface area contributed by atoms with E-state index in [9.17, 15) is 0 Å². The zero-order chi connectivity index (χ0) is 16.0. The minimum atomic E-state index is 0.625. The summed E-state index contributed by atoms with van der Waals surface area (Å²) in [6, 6.07) is 1.93. The maximum absolute atomic E-state index is 7.62. The van der Waals surface area contributed by atoms with Crippen LogP contribution in [0, 0.1) is 11.3 Å². The molecule has 2 heteroatoms. The van der Waals surface area contributed by atoms with Crippen LogP contribution in [0.2, 0.25) is 0 Å². The highest BCUT2D eigenvalue weighted by Gasteiger charge is 1.92. The predicted molar refractivity (Wildman–Crippen MR) is 95.5 cm³/mol. The molecular formula is C19H40N2. The van der Waals surface area contributed by atoms with Crippen molar-refractivity contribution in [1.82, 2.24) is 5.32 Å². The van der Waals surface area contributed by atoms with Gasteiger partial charge in [-0.15, -0.1) is 0 Å². The van der Waals surface area contributed by atoms with Crippen molar-refractivity contribution in [3.8, 4) is 6.07 Å². The van der Waals surface area contributed by atoms with Gasteiger partial charge in [0.25, 0.3) is 0 Å². The summed E-state index contributed by atoms with van der Waals surface area (Å²) < 4.78 is 0. The molecule has 0 saturated heterocycles. The van der Waals surface area contributed by atoms with E-state index in [0.717, 1.165) is 0 Å². The van der Waals surface area contributed by atoms with Gasteiger partial charge >= 0.3 is 0 Å². The lowest BCUT2D eigenvalue weighted by molar-refractivity contribution is 0.543. The van der Waals surface area contributed by atoms with Crippen molar-refractivity contribution in [2.75, 3.05) is 13.1 Å². The fourth-order valence-electron chi connectivity index (χ4n) is 2.19. The molecule has 0 fully saturated rings. The molecule has 0 saturated carbocycles. The summed E-state index contributed by atoms with van der Waals surface area (Å²) in [5.41, 5.74) is 0. The van der Waals surface area contributed by atoms with E-state index in [4.69, 9.17) is 5.26 Å². The normalized spacial score (nSPS) is 9.81. The number of hydrogen-bond acceptors (Lipinski definition) is 2. The molecule has 0 radical (unpaired) electrons. The van der Waals surface area contributed by atoms with Gasteiger partial charge in [0.05, 0.1) is 6.07 Å². The lowest BCUT2D eigenvalue weighted by Crippen LogP contribution is -2.16. The molecule has 0 aliphatic carbocycles. The molecule has 0 aromatic heterocycles. The Morgan fingerprint density at radius 3 is 1.29 bits per heavy atom. The van der Waals surface area contributed by atoms with Gasteiger partial charge in [-0.1, -0.05) is 85.0 Å². The largest absolute Gasteiger partial charge is 0.317 e. The molecule has 0 aliphatic heterocycles. The van der Waals surface area contributed by atoms with E-state index >= 15 is 0 Å². The number of nitrogens with one attached hydrogen (secondary N) is 1. The maximum atomic E-state index is 7.62. The van der Waals surface area contributed by atoms with Crippen molar-refractivity contribution >= 4 is 0 Å². The van der Waals surface area contributed by atoms with E-state index in [0.29, 0.717) is 6.42 Å². The van der Waals surface area contributed by atoms with E-state index in [-0.39, 0.29) is 0 Å².